The number of aliphatic hydroxyl groups excluding tert-OH is 1. The molecule has 3 heterocycles. The van der Waals surface area contributed by atoms with Gasteiger partial charge in [0, 0.05) is 19.8 Å². The number of hydrogen-bond acceptors (Lipinski definition) is 4. The van der Waals surface area contributed by atoms with Crippen molar-refractivity contribution in [3.05, 3.63) is 18.6 Å². The molecule has 2 aromatic heterocycles. The number of imidazole rings is 1. The molecule has 5 nitrogen and oxygen atoms in total. The van der Waals surface area contributed by atoms with Crippen LogP contribution in [0.2, 0.25) is 0 Å². The molecule has 3 rings (SSSR count). The number of aromatic nitrogens is 3. The molecule has 90 valence electrons. The van der Waals surface area contributed by atoms with Crippen LogP contribution in [0.5, 0.6) is 0 Å². The Hall–Kier alpha value is -1.62. The lowest BCUT2D eigenvalue weighted by Crippen LogP contribution is -2.32. The van der Waals surface area contributed by atoms with Crippen molar-refractivity contribution in [3.63, 3.8) is 0 Å². The molecule has 5 heteroatoms. The van der Waals surface area contributed by atoms with E-state index in [9.17, 15) is 5.11 Å². The molecule has 1 aliphatic heterocycles. The third-order valence-corrected chi connectivity index (χ3v) is 3.48. The molecule has 1 unspecified atom stereocenters. The summed E-state index contributed by atoms with van der Waals surface area (Å²) in [5.74, 6) is 0.902. The molecule has 1 aliphatic rings. The summed E-state index contributed by atoms with van der Waals surface area (Å²) in [6.07, 6.45) is 5.75. The van der Waals surface area contributed by atoms with E-state index in [1.165, 1.54) is 0 Å². The summed E-state index contributed by atoms with van der Waals surface area (Å²) < 4.78 is 1.99. The van der Waals surface area contributed by atoms with Crippen LogP contribution in [0, 0.1) is 0 Å². The van der Waals surface area contributed by atoms with Gasteiger partial charge >= 0.3 is 0 Å². The summed E-state index contributed by atoms with van der Waals surface area (Å²) in [6.45, 7) is 1.14. The molecule has 1 atom stereocenters. The van der Waals surface area contributed by atoms with Crippen molar-refractivity contribution in [1.82, 2.24) is 14.5 Å². The van der Waals surface area contributed by atoms with Crippen LogP contribution in [0.1, 0.15) is 12.8 Å². The first-order valence-electron chi connectivity index (χ1n) is 5.95. The Morgan fingerprint density at radius 2 is 2.35 bits per heavy atom. The lowest BCUT2D eigenvalue weighted by atomic mass is 10.2. The van der Waals surface area contributed by atoms with Gasteiger partial charge in [0.1, 0.15) is 5.52 Å². The molecule has 1 saturated heterocycles. The average Bonchev–Trinajstić information content (AvgIpc) is 2.96. The molecule has 17 heavy (non-hydrogen) atoms. The van der Waals surface area contributed by atoms with Crippen LogP contribution in [-0.4, -0.2) is 38.8 Å². The fourth-order valence-corrected chi connectivity index (χ4v) is 2.56. The molecule has 0 aromatic carbocycles. The van der Waals surface area contributed by atoms with Crippen molar-refractivity contribution in [1.29, 1.82) is 0 Å². The maximum atomic E-state index is 9.38. The van der Waals surface area contributed by atoms with Gasteiger partial charge in [-0.1, -0.05) is 0 Å². The third-order valence-electron chi connectivity index (χ3n) is 3.48. The van der Waals surface area contributed by atoms with Crippen molar-refractivity contribution in [2.24, 2.45) is 7.05 Å². The third kappa shape index (κ3) is 1.58. The SMILES string of the molecule is Cn1cnc2c(N3CCCC3CO)nccc21. The number of fused-ring (bicyclic) bond motifs is 1. The molecule has 0 amide bonds. The van der Waals surface area contributed by atoms with Gasteiger partial charge in [0.2, 0.25) is 0 Å². The monoisotopic (exact) mass is 232 g/mol. The van der Waals surface area contributed by atoms with Gasteiger partial charge < -0.3 is 14.6 Å². The summed E-state index contributed by atoms with van der Waals surface area (Å²) in [7, 11) is 1.98. The van der Waals surface area contributed by atoms with E-state index in [0.29, 0.717) is 0 Å². The number of hydrogen-bond donors (Lipinski definition) is 1. The Kier molecular flexibility index (Phi) is 2.48. The molecule has 1 N–H and O–H groups in total. The van der Waals surface area contributed by atoms with Crippen LogP contribution in [0.15, 0.2) is 18.6 Å². The van der Waals surface area contributed by atoms with Gasteiger partial charge in [0.25, 0.3) is 0 Å². The number of pyridine rings is 1. The fraction of sp³-hybridized carbons (Fsp3) is 0.500. The van der Waals surface area contributed by atoms with Crippen molar-refractivity contribution >= 4 is 16.9 Å². The molecule has 0 radical (unpaired) electrons. The highest BCUT2D eigenvalue weighted by Crippen LogP contribution is 2.28. The Bertz CT molecular complexity index is 536. The van der Waals surface area contributed by atoms with Crippen molar-refractivity contribution in [2.45, 2.75) is 18.9 Å². The first-order chi connectivity index (χ1) is 8.31. The van der Waals surface area contributed by atoms with Gasteiger partial charge in [-0.2, -0.15) is 0 Å². The zero-order chi connectivity index (χ0) is 11.8. The summed E-state index contributed by atoms with van der Waals surface area (Å²) in [4.78, 5) is 11.0. The number of anilines is 1. The molecular weight excluding hydrogens is 216 g/mol. The first kappa shape index (κ1) is 10.5. The predicted molar refractivity (Wildman–Crippen MR) is 66.0 cm³/mol. The number of aliphatic hydroxyl groups is 1. The minimum atomic E-state index is 0.185. The van der Waals surface area contributed by atoms with Crippen molar-refractivity contribution in [3.8, 4) is 0 Å². The largest absolute Gasteiger partial charge is 0.394 e. The zero-order valence-corrected chi connectivity index (χ0v) is 9.87. The second-order valence-corrected chi connectivity index (χ2v) is 4.53. The van der Waals surface area contributed by atoms with Crippen LogP contribution in [0.3, 0.4) is 0 Å². The van der Waals surface area contributed by atoms with E-state index in [0.717, 1.165) is 36.2 Å². The van der Waals surface area contributed by atoms with Crippen LogP contribution >= 0.6 is 0 Å². The predicted octanol–water partition coefficient (Wildman–Crippen LogP) is 0.929. The average molecular weight is 232 g/mol. The molecule has 1 fully saturated rings. The molecule has 2 aromatic rings. The zero-order valence-electron chi connectivity index (χ0n) is 9.87. The van der Waals surface area contributed by atoms with Crippen molar-refractivity contribution < 1.29 is 5.11 Å². The van der Waals surface area contributed by atoms with E-state index in [-0.39, 0.29) is 12.6 Å². The van der Waals surface area contributed by atoms with Gasteiger partial charge in [-0.25, -0.2) is 9.97 Å². The topological polar surface area (TPSA) is 54.2 Å². The van der Waals surface area contributed by atoms with Crippen molar-refractivity contribution in [2.75, 3.05) is 18.1 Å². The van der Waals surface area contributed by atoms with Crippen LogP contribution in [0.4, 0.5) is 5.82 Å². The highest BCUT2D eigenvalue weighted by molar-refractivity contribution is 5.86. The van der Waals surface area contributed by atoms with E-state index in [1.54, 1.807) is 6.33 Å². The number of aryl methyl sites for hydroxylation is 1. The first-order valence-corrected chi connectivity index (χ1v) is 5.95. The maximum Gasteiger partial charge on any atom is 0.157 e. The van der Waals surface area contributed by atoms with E-state index in [1.807, 2.05) is 23.9 Å². The lowest BCUT2D eigenvalue weighted by Gasteiger charge is -2.24. The minimum Gasteiger partial charge on any atom is -0.394 e. The normalized spacial score (nSPS) is 20.4. The lowest BCUT2D eigenvalue weighted by molar-refractivity contribution is 0.266. The molecule has 0 bridgehead atoms. The quantitative estimate of drug-likeness (QED) is 0.837. The van der Waals surface area contributed by atoms with E-state index < -0.39 is 0 Å². The van der Waals surface area contributed by atoms with Gasteiger partial charge in [0.05, 0.1) is 24.5 Å². The van der Waals surface area contributed by atoms with Crippen LogP contribution in [0.25, 0.3) is 11.0 Å². The van der Waals surface area contributed by atoms with Gasteiger partial charge in [-0.15, -0.1) is 0 Å². The van der Waals surface area contributed by atoms with E-state index in [4.69, 9.17) is 0 Å². The van der Waals surface area contributed by atoms with Gasteiger partial charge in [-0.3, -0.25) is 0 Å². The number of nitrogens with zero attached hydrogens (tertiary/aromatic N) is 4. The molecular formula is C12H16N4O. The Balaban J connectivity index is 2.10. The second kappa shape index (κ2) is 4.00. The molecule has 0 saturated carbocycles. The minimum absolute atomic E-state index is 0.185. The van der Waals surface area contributed by atoms with Crippen LogP contribution < -0.4 is 4.90 Å². The summed E-state index contributed by atoms with van der Waals surface area (Å²) in [5.41, 5.74) is 2.01. The van der Waals surface area contributed by atoms with E-state index in [2.05, 4.69) is 14.9 Å². The second-order valence-electron chi connectivity index (χ2n) is 4.53. The Morgan fingerprint density at radius 1 is 1.47 bits per heavy atom. The number of rotatable bonds is 2. The highest BCUT2D eigenvalue weighted by Gasteiger charge is 2.26. The molecule has 0 aliphatic carbocycles. The summed E-state index contributed by atoms with van der Waals surface area (Å²) in [6, 6.07) is 2.16. The smallest absolute Gasteiger partial charge is 0.157 e. The fourth-order valence-electron chi connectivity index (χ4n) is 2.56. The summed E-state index contributed by atoms with van der Waals surface area (Å²) in [5, 5.41) is 9.38. The Labute approximate surface area is 99.7 Å². The highest BCUT2D eigenvalue weighted by atomic mass is 16.3. The van der Waals surface area contributed by atoms with Crippen LogP contribution in [-0.2, 0) is 7.05 Å². The maximum absolute atomic E-state index is 9.38. The summed E-state index contributed by atoms with van der Waals surface area (Å²) >= 11 is 0. The van der Waals surface area contributed by atoms with Gasteiger partial charge in [0.15, 0.2) is 5.82 Å². The van der Waals surface area contributed by atoms with Gasteiger partial charge in [-0.05, 0) is 18.9 Å². The van der Waals surface area contributed by atoms with E-state index >= 15 is 0 Å². The molecule has 0 spiro atoms. The Morgan fingerprint density at radius 3 is 3.18 bits per heavy atom. The standard InChI is InChI=1S/C12H16N4O/c1-15-8-14-11-10(15)4-5-13-12(11)16-6-2-3-9(16)7-17/h4-5,8-9,17H,2-3,6-7H2,1H3.